The lowest BCUT2D eigenvalue weighted by Crippen LogP contribution is -2.46. The maximum atomic E-state index is 11.8. The molecule has 2 unspecified atom stereocenters. The van der Waals surface area contributed by atoms with Gasteiger partial charge in [-0.2, -0.15) is 0 Å². The van der Waals surface area contributed by atoms with E-state index in [-0.39, 0.29) is 11.9 Å². The van der Waals surface area contributed by atoms with E-state index in [0.29, 0.717) is 6.04 Å². The first-order chi connectivity index (χ1) is 8.75. The van der Waals surface area contributed by atoms with Gasteiger partial charge in [-0.1, -0.05) is 0 Å². The summed E-state index contributed by atoms with van der Waals surface area (Å²) in [7, 11) is 0. The normalized spacial score (nSPS) is 22.3. The molecule has 0 aliphatic carbocycles. The minimum Gasteiger partial charge on any atom is -0.469 e. The van der Waals surface area contributed by atoms with Gasteiger partial charge in [0.15, 0.2) is 0 Å². The predicted molar refractivity (Wildman–Crippen MR) is 70.3 cm³/mol. The Morgan fingerprint density at radius 2 is 2.44 bits per heavy atom. The third kappa shape index (κ3) is 3.88. The summed E-state index contributed by atoms with van der Waals surface area (Å²) in [6.45, 7) is 2.94. The molecule has 1 saturated heterocycles. The van der Waals surface area contributed by atoms with E-state index in [1.165, 1.54) is 0 Å². The highest BCUT2D eigenvalue weighted by molar-refractivity contribution is 5.81. The molecule has 0 bridgehead atoms. The quantitative estimate of drug-likeness (QED) is 0.838. The molecular formula is C14H22N2O2. The minimum atomic E-state index is -0.0286. The molecule has 2 N–H and O–H groups in total. The number of nitrogens with one attached hydrogen (secondary N) is 2. The van der Waals surface area contributed by atoms with Crippen LogP contribution >= 0.6 is 0 Å². The summed E-state index contributed by atoms with van der Waals surface area (Å²) in [5.74, 6) is 1.16. The highest BCUT2D eigenvalue weighted by Gasteiger charge is 2.21. The Morgan fingerprint density at radius 3 is 3.22 bits per heavy atom. The molecule has 0 spiro atoms. The zero-order chi connectivity index (χ0) is 12.8. The van der Waals surface area contributed by atoms with E-state index >= 15 is 0 Å². The average molecular weight is 250 g/mol. The molecule has 4 nitrogen and oxygen atoms in total. The van der Waals surface area contributed by atoms with E-state index in [1.54, 1.807) is 6.26 Å². The smallest absolute Gasteiger partial charge is 0.237 e. The molecule has 0 radical (unpaired) electrons. The summed E-state index contributed by atoms with van der Waals surface area (Å²) in [6.07, 6.45) is 6.74. The molecule has 1 aromatic rings. The second-order valence-electron chi connectivity index (χ2n) is 5.03. The fourth-order valence-corrected chi connectivity index (χ4v) is 2.34. The predicted octanol–water partition coefficient (Wildman–Crippen LogP) is 1.86. The highest BCUT2D eigenvalue weighted by Crippen LogP contribution is 2.09. The van der Waals surface area contributed by atoms with E-state index in [9.17, 15) is 4.79 Å². The largest absolute Gasteiger partial charge is 0.469 e. The number of aryl methyl sites for hydroxylation is 1. The Hall–Kier alpha value is -1.29. The Kier molecular flexibility index (Phi) is 4.81. The fraction of sp³-hybridized carbons (Fsp3) is 0.643. The number of carbonyl (C=O) groups is 1. The van der Waals surface area contributed by atoms with E-state index in [1.807, 2.05) is 12.1 Å². The highest BCUT2D eigenvalue weighted by atomic mass is 16.3. The van der Waals surface area contributed by atoms with Crippen molar-refractivity contribution >= 4 is 5.91 Å². The van der Waals surface area contributed by atoms with Gasteiger partial charge in [0.2, 0.25) is 5.91 Å². The summed E-state index contributed by atoms with van der Waals surface area (Å²) in [4.78, 5) is 11.8. The lowest BCUT2D eigenvalue weighted by Gasteiger charge is -2.20. The standard InChI is InChI=1S/C14H22N2O2/c1-11(7-8-12-5-4-10-18-12)16-13-6-2-3-9-15-14(13)17/h4-5,10-11,13,16H,2-3,6-9H2,1H3,(H,15,17). The van der Waals surface area contributed by atoms with Gasteiger partial charge < -0.3 is 15.1 Å². The van der Waals surface area contributed by atoms with Gasteiger partial charge >= 0.3 is 0 Å². The Bertz CT molecular complexity index is 362. The Balaban J connectivity index is 1.75. The number of amides is 1. The summed E-state index contributed by atoms with van der Waals surface area (Å²) in [6, 6.07) is 4.19. The molecule has 0 aromatic carbocycles. The SMILES string of the molecule is CC(CCc1ccco1)NC1CCCCNC1=O. The van der Waals surface area contributed by atoms with Crippen molar-refractivity contribution < 1.29 is 9.21 Å². The molecule has 100 valence electrons. The Morgan fingerprint density at radius 1 is 1.56 bits per heavy atom. The van der Waals surface area contributed by atoms with E-state index in [2.05, 4.69) is 17.6 Å². The third-order valence-corrected chi connectivity index (χ3v) is 3.42. The van der Waals surface area contributed by atoms with Gasteiger partial charge in [0, 0.05) is 19.0 Å². The molecule has 4 heteroatoms. The first-order valence-corrected chi connectivity index (χ1v) is 6.82. The summed E-state index contributed by atoms with van der Waals surface area (Å²) in [5, 5.41) is 6.37. The van der Waals surface area contributed by atoms with Crippen molar-refractivity contribution in [2.45, 2.75) is 51.1 Å². The number of hydrogen-bond donors (Lipinski definition) is 2. The van der Waals surface area contributed by atoms with Crippen LogP contribution in [0.3, 0.4) is 0 Å². The molecule has 1 amide bonds. The van der Waals surface area contributed by atoms with Crippen LogP contribution in [0, 0.1) is 0 Å². The molecule has 1 aliphatic rings. The van der Waals surface area contributed by atoms with Gasteiger partial charge in [0.05, 0.1) is 12.3 Å². The molecule has 1 aliphatic heterocycles. The molecule has 0 saturated carbocycles. The van der Waals surface area contributed by atoms with E-state index < -0.39 is 0 Å². The van der Waals surface area contributed by atoms with Crippen LogP contribution in [0.15, 0.2) is 22.8 Å². The number of hydrogen-bond acceptors (Lipinski definition) is 3. The van der Waals surface area contributed by atoms with Gasteiger partial charge in [-0.05, 0) is 44.7 Å². The second-order valence-corrected chi connectivity index (χ2v) is 5.03. The van der Waals surface area contributed by atoms with Crippen LogP contribution in [-0.4, -0.2) is 24.5 Å². The van der Waals surface area contributed by atoms with Crippen LogP contribution in [0.1, 0.15) is 38.4 Å². The summed E-state index contributed by atoms with van der Waals surface area (Å²) >= 11 is 0. The molecular weight excluding hydrogens is 228 g/mol. The fourth-order valence-electron chi connectivity index (χ4n) is 2.34. The van der Waals surface area contributed by atoms with Gasteiger partial charge in [-0.3, -0.25) is 4.79 Å². The maximum absolute atomic E-state index is 11.8. The lowest BCUT2D eigenvalue weighted by atomic mass is 10.1. The van der Waals surface area contributed by atoms with Gasteiger partial charge in [-0.25, -0.2) is 0 Å². The van der Waals surface area contributed by atoms with Crippen molar-refractivity contribution in [3.05, 3.63) is 24.2 Å². The van der Waals surface area contributed by atoms with Crippen LogP contribution in [-0.2, 0) is 11.2 Å². The summed E-state index contributed by atoms with van der Waals surface area (Å²) in [5.41, 5.74) is 0. The molecule has 2 atom stereocenters. The summed E-state index contributed by atoms with van der Waals surface area (Å²) < 4.78 is 5.31. The minimum absolute atomic E-state index is 0.0286. The second kappa shape index (κ2) is 6.59. The van der Waals surface area contributed by atoms with Crippen LogP contribution in [0.2, 0.25) is 0 Å². The molecule has 2 rings (SSSR count). The number of rotatable bonds is 5. The molecule has 18 heavy (non-hydrogen) atoms. The van der Waals surface area contributed by atoms with Crippen LogP contribution in [0.5, 0.6) is 0 Å². The zero-order valence-corrected chi connectivity index (χ0v) is 10.9. The van der Waals surface area contributed by atoms with Crippen LogP contribution in [0.25, 0.3) is 0 Å². The van der Waals surface area contributed by atoms with Crippen molar-refractivity contribution in [2.75, 3.05) is 6.54 Å². The van der Waals surface area contributed by atoms with Crippen LogP contribution in [0.4, 0.5) is 0 Å². The maximum Gasteiger partial charge on any atom is 0.237 e. The molecule has 1 fully saturated rings. The first kappa shape index (κ1) is 13.1. The van der Waals surface area contributed by atoms with Crippen LogP contribution < -0.4 is 10.6 Å². The number of carbonyl (C=O) groups excluding carboxylic acids is 1. The first-order valence-electron chi connectivity index (χ1n) is 6.82. The number of furan rings is 1. The van der Waals surface area contributed by atoms with Crippen molar-refractivity contribution in [2.24, 2.45) is 0 Å². The molecule has 1 aromatic heterocycles. The average Bonchev–Trinajstić information content (AvgIpc) is 2.80. The van der Waals surface area contributed by atoms with Crippen molar-refractivity contribution in [1.29, 1.82) is 0 Å². The topological polar surface area (TPSA) is 54.3 Å². The third-order valence-electron chi connectivity index (χ3n) is 3.42. The van der Waals surface area contributed by atoms with E-state index in [4.69, 9.17) is 4.42 Å². The lowest BCUT2D eigenvalue weighted by molar-refractivity contribution is -0.123. The van der Waals surface area contributed by atoms with Gasteiger partial charge in [-0.15, -0.1) is 0 Å². The van der Waals surface area contributed by atoms with Crippen molar-refractivity contribution in [1.82, 2.24) is 10.6 Å². The zero-order valence-electron chi connectivity index (χ0n) is 10.9. The Labute approximate surface area is 108 Å². The van der Waals surface area contributed by atoms with Crippen molar-refractivity contribution in [3.63, 3.8) is 0 Å². The molecule has 2 heterocycles. The van der Waals surface area contributed by atoms with Gasteiger partial charge in [0.1, 0.15) is 5.76 Å². The monoisotopic (exact) mass is 250 g/mol. The van der Waals surface area contributed by atoms with Gasteiger partial charge in [0.25, 0.3) is 0 Å². The van der Waals surface area contributed by atoms with E-state index in [0.717, 1.165) is 44.4 Å². The van der Waals surface area contributed by atoms with Crippen molar-refractivity contribution in [3.8, 4) is 0 Å².